The predicted octanol–water partition coefficient (Wildman–Crippen LogP) is 1.92. The third-order valence-electron chi connectivity index (χ3n) is 3.14. The Morgan fingerprint density at radius 3 is 2.90 bits per heavy atom. The first-order valence-corrected chi connectivity index (χ1v) is 8.25. The van der Waals surface area contributed by atoms with Crippen molar-refractivity contribution in [2.24, 2.45) is 0 Å². The molecule has 0 radical (unpaired) electrons. The maximum atomic E-state index is 12.2. The highest BCUT2D eigenvalue weighted by molar-refractivity contribution is 8.00. The molecule has 21 heavy (non-hydrogen) atoms. The lowest BCUT2D eigenvalue weighted by molar-refractivity contribution is -0.141. The molecule has 0 aromatic carbocycles. The number of ether oxygens (including phenoxy) is 1. The first-order chi connectivity index (χ1) is 10.1. The SMILES string of the molecule is C=CCCOCCNC(=O)N1C(CCC)SCC1C(=O)O. The normalized spacial score (nSPS) is 21.3. The molecule has 2 N–H and O–H groups in total. The molecular formula is C14H24N2O4S. The van der Waals surface area contributed by atoms with Crippen LogP contribution >= 0.6 is 11.8 Å². The van der Waals surface area contributed by atoms with Gasteiger partial charge in [-0.2, -0.15) is 0 Å². The summed E-state index contributed by atoms with van der Waals surface area (Å²) in [4.78, 5) is 24.9. The summed E-state index contributed by atoms with van der Waals surface area (Å²) in [5, 5.41) is 11.9. The van der Waals surface area contributed by atoms with Crippen LogP contribution in [-0.2, 0) is 9.53 Å². The number of hydrogen-bond acceptors (Lipinski definition) is 4. The fourth-order valence-electron chi connectivity index (χ4n) is 2.09. The standard InChI is InChI=1S/C14H24N2O4S/c1-3-5-8-20-9-7-15-14(19)16-11(13(17)18)10-21-12(16)6-4-2/h3,11-12H,1,4-10H2,2H3,(H,15,19)(H,17,18). The lowest BCUT2D eigenvalue weighted by atomic mass is 10.2. The fraction of sp³-hybridized carbons (Fsp3) is 0.714. The number of nitrogens with one attached hydrogen (secondary N) is 1. The maximum Gasteiger partial charge on any atom is 0.327 e. The molecule has 1 rings (SSSR count). The van der Waals surface area contributed by atoms with Crippen molar-refractivity contribution in [3.05, 3.63) is 12.7 Å². The van der Waals surface area contributed by atoms with Crippen LogP contribution in [0.2, 0.25) is 0 Å². The monoisotopic (exact) mass is 316 g/mol. The molecule has 1 saturated heterocycles. The van der Waals surface area contributed by atoms with Crippen LogP contribution < -0.4 is 5.32 Å². The maximum absolute atomic E-state index is 12.2. The molecule has 2 unspecified atom stereocenters. The Morgan fingerprint density at radius 1 is 1.52 bits per heavy atom. The van der Waals surface area contributed by atoms with Gasteiger partial charge in [0.25, 0.3) is 0 Å². The van der Waals surface area contributed by atoms with E-state index in [0.717, 1.165) is 19.3 Å². The van der Waals surface area contributed by atoms with Crippen molar-refractivity contribution in [3.8, 4) is 0 Å². The van der Waals surface area contributed by atoms with Gasteiger partial charge in [-0.25, -0.2) is 9.59 Å². The number of hydrogen-bond donors (Lipinski definition) is 2. The third-order valence-corrected chi connectivity index (χ3v) is 4.49. The summed E-state index contributed by atoms with van der Waals surface area (Å²) < 4.78 is 5.31. The van der Waals surface area contributed by atoms with Crippen LogP contribution in [0.1, 0.15) is 26.2 Å². The number of amides is 2. The van der Waals surface area contributed by atoms with Crippen molar-refractivity contribution in [2.75, 3.05) is 25.5 Å². The van der Waals surface area contributed by atoms with Crippen molar-refractivity contribution >= 4 is 23.8 Å². The van der Waals surface area contributed by atoms with Crippen molar-refractivity contribution < 1.29 is 19.4 Å². The summed E-state index contributed by atoms with van der Waals surface area (Å²) >= 11 is 1.53. The van der Waals surface area contributed by atoms with Gasteiger partial charge in [-0.05, 0) is 12.8 Å². The second kappa shape index (κ2) is 9.68. The first kappa shape index (κ1) is 17.8. The Balaban J connectivity index is 2.43. The zero-order valence-corrected chi connectivity index (χ0v) is 13.2. The molecule has 0 bridgehead atoms. The highest BCUT2D eigenvalue weighted by Crippen LogP contribution is 2.32. The van der Waals surface area contributed by atoms with Gasteiger partial charge in [-0.3, -0.25) is 4.90 Å². The molecule has 120 valence electrons. The van der Waals surface area contributed by atoms with Crippen molar-refractivity contribution in [1.29, 1.82) is 0 Å². The largest absolute Gasteiger partial charge is 0.480 e. The molecule has 1 aliphatic heterocycles. The summed E-state index contributed by atoms with van der Waals surface area (Å²) in [7, 11) is 0. The van der Waals surface area contributed by atoms with Gasteiger partial charge < -0.3 is 15.2 Å². The zero-order chi connectivity index (χ0) is 15.7. The number of carbonyl (C=O) groups is 2. The van der Waals surface area contributed by atoms with Crippen LogP contribution in [0.25, 0.3) is 0 Å². The molecule has 0 saturated carbocycles. The quantitative estimate of drug-likeness (QED) is 0.502. The summed E-state index contributed by atoms with van der Waals surface area (Å²) in [5.74, 6) is -0.498. The minimum atomic E-state index is -0.946. The second-order valence-electron chi connectivity index (χ2n) is 4.76. The van der Waals surface area contributed by atoms with E-state index in [1.165, 1.54) is 16.7 Å². The second-order valence-corrected chi connectivity index (χ2v) is 5.97. The molecule has 6 nitrogen and oxygen atoms in total. The van der Waals surface area contributed by atoms with Crippen LogP contribution in [0, 0.1) is 0 Å². The average molecular weight is 316 g/mol. The van der Waals surface area contributed by atoms with E-state index in [4.69, 9.17) is 4.74 Å². The van der Waals surface area contributed by atoms with E-state index in [1.54, 1.807) is 6.08 Å². The van der Waals surface area contributed by atoms with E-state index < -0.39 is 12.0 Å². The summed E-state index contributed by atoms with van der Waals surface area (Å²) in [5.41, 5.74) is 0. The molecule has 0 spiro atoms. The Kier molecular flexibility index (Phi) is 8.22. The van der Waals surface area contributed by atoms with Gasteiger partial charge in [-0.1, -0.05) is 19.4 Å². The third kappa shape index (κ3) is 5.59. The molecular weight excluding hydrogens is 292 g/mol. The molecule has 2 amide bonds. The van der Waals surface area contributed by atoms with Crippen LogP contribution in [0.3, 0.4) is 0 Å². The molecule has 0 aromatic rings. The number of urea groups is 1. The van der Waals surface area contributed by atoms with E-state index in [1.807, 2.05) is 6.92 Å². The molecule has 7 heteroatoms. The fourth-order valence-corrected chi connectivity index (χ4v) is 3.60. The number of carboxylic acid groups (broad SMARTS) is 1. The molecule has 0 aromatic heterocycles. The van der Waals surface area contributed by atoms with Gasteiger partial charge in [0.1, 0.15) is 6.04 Å². The van der Waals surface area contributed by atoms with Crippen LogP contribution in [-0.4, -0.2) is 58.9 Å². The Labute approximate surface area is 129 Å². The first-order valence-electron chi connectivity index (χ1n) is 7.21. The lowest BCUT2D eigenvalue weighted by Crippen LogP contribution is -2.50. The topological polar surface area (TPSA) is 78.9 Å². The molecule has 0 aliphatic carbocycles. The van der Waals surface area contributed by atoms with E-state index in [0.29, 0.717) is 25.5 Å². The summed E-state index contributed by atoms with van der Waals surface area (Å²) in [6, 6.07) is -1.06. The van der Waals surface area contributed by atoms with Gasteiger partial charge in [0.05, 0.1) is 18.6 Å². The van der Waals surface area contributed by atoms with Crippen LogP contribution in [0.5, 0.6) is 0 Å². The van der Waals surface area contributed by atoms with E-state index in [-0.39, 0.29) is 11.4 Å². The van der Waals surface area contributed by atoms with Crippen LogP contribution in [0.4, 0.5) is 4.79 Å². The van der Waals surface area contributed by atoms with Gasteiger partial charge in [0, 0.05) is 12.3 Å². The minimum absolute atomic E-state index is 0.0576. The number of rotatable bonds is 9. The van der Waals surface area contributed by atoms with E-state index >= 15 is 0 Å². The van der Waals surface area contributed by atoms with E-state index in [2.05, 4.69) is 11.9 Å². The predicted molar refractivity (Wildman–Crippen MR) is 83.4 cm³/mol. The highest BCUT2D eigenvalue weighted by Gasteiger charge is 2.40. The average Bonchev–Trinajstić information content (AvgIpc) is 2.87. The minimum Gasteiger partial charge on any atom is -0.480 e. The smallest absolute Gasteiger partial charge is 0.327 e. The number of nitrogens with zero attached hydrogens (tertiary/aromatic N) is 1. The molecule has 1 fully saturated rings. The number of carboxylic acids is 1. The van der Waals surface area contributed by atoms with Crippen LogP contribution in [0.15, 0.2) is 12.7 Å². The van der Waals surface area contributed by atoms with Gasteiger partial charge in [0.15, 0.2) is 0 Å². The number of thioether (sulfide) groups is 1. The highest BCUT2D eigenvalue weighted by atomic mass is 32.2. The van der Waals surface area contributed by atoms with Gasteiger partial charge in [-0.15, -0.1) is 18.3 Å². The van der Waals surface area contributed by atoms with Crippen molar-refractivity contribution in [3.63, 3.8) is 0 Å². The summed E-state index contributed by atoms with van der Waals surface area (Å²) in [6.07, 6.45) is 4.26. The van der Waals surface area contributed by atoms with Crippen molar-refractivity contribution in [1.82, 2.24) is 10.2 Å². The summed E-state index contributed by atoms with van der Waals surface area (Å²) in [6.45, 7) is 6.99. The Hall–Kier alpha value is -1.21. The van der Waals surface area contributed by atoms with Crippen molar-refractivity contribution in [2.45, 2.75) is 37.6 Å². The van der Waals surface area contributed by atoms with E-state index in [9.17, 15) is 14.7 Å². The zero-order valence-electron chi connectivity index (χ0n) is 12.4. The van der Waals surface area contributed by atoms with Gasteiger partial charge >= 0.3 is 12.0 Å². The Morgan fingerprint density at radius 2 is 2.29 bits per heavy atom. The number of aliphatic carboxylic acids is 1. The number of carbonyl (C=O) groups excluding carboxylic acids is 1. The molecule has 1 aliphatic rings. The lowest BCUT2D eigenvalue weighted by Gasteiger charge is -2.27. The van der Waals surface area contributed by atoms with Gasteiger partial charge in [0.2, 0.25) is 0 Å². The molecule has 2 atom stereocenters. The Bertz CT molecular complexity index is 365. The molecule has 1 heterocycles.